The average Bonchev–Trinajstić information content (AvgIpc) is 2.39. The highest BCUT2D eigenvalue weighted by Gasteiger charge is 2.14. The van der Waals surface area contributed by atoms with Gasteiger partial charge >= 0.3 is 0 Å². The number of hydroxylamine groups is 3. The van der Waals surface area contributed by atoms with E-state index in [2.05, 4.69) is 63.1 Å². The van der Waals surface area contributed by atoms with Gasteiger partial charge in [0.1, 0.15) is 6.10 Å². The van der Waals surface area contributed by atoms with Crippen LogP contribution in [0.1, 0.15) is 85.0 Å². The molecular formula is C21H50Cl2N2O. The van der Waals surface area contributed by atoms with Crippen LogP contribution < -0.4 is 24.8 Å². The van der Waals surface area contributed by atoms with Crippen LogP contribution in [-0.2, 0) is 4.84 Å². The Morgan fingerprint density at radius 2 is 1.08 bits per heavy atom. The Kier molecular flexibility index (Phi) is 26.4. The van der Waals surface area contributed by atoms with Crippen LogP contribution in [0.25, 0.3) is 0 Å². The predicted octanol–water partition coefficient (Wildman–Crippen LogP) is -0.346. The molecule has 0 aliphatic heterocycles. The largest absolute Gasteiger partial charge is 1.00 e. The maximum absolute atomic E-state index is 5.83. The summed E-state index contributed by atoms with van der Waals surface area (Å²) in [6.45, 7) is 7.95. The molecule has 3 nitrogen and oxygen atoms in total. The summed E-state index contributed by atoms with van der Waals surface area (Å²) in [6, 6.07) is 0. The summed E-state index contributed by atoms with van der Waals surface area (Å²) in [7, 11) is 12.9. The second-order valence-electron chi connectivity index (χ2n) is 9.08. The van der Waals surface area contributed by atoms with Crippen molar-refractivity contribution in [1.29, 1.82) is 0 Å². The molecule has 0 spiro atoms. The van der Waals surface area contributed by atoms with E-state index in [-0.39, 0.29) is 24.8 Å². The van der Waals surface area contributed by atoms with Crippen molar-refractivity contribution in [1.82, 2.24) is 0 Å². The second-order valence-corrected chi connectivity index (χ2v) is 9.08. The quantitative estimate of drug-likeness (QED) is 0.226. The lowest BCUT2D eigenvalue weighted by Crippen LogP contribution is -3.00. The van der Waals surface area contributed by atoms with Gasteiger partial charge in [0.25, 0.3) is 0 Å². The normalized spacial score (nSPS) is 12.3. The zero-order valence-electron chi connectivity index (χ0n) is 19.4. The summed E-state index contributed by atoms with van der Waals surface area (Å²) >= 11 is 0. The van der Waals surface area contributed by atoms with Crippen molar-refractivity contribution in [3.05, 3.63) is 0 Å². The van der Waals surface area contributed by atoms with Crippen LogP contribution in [0.2, 0.25) is 0 Å². The van der Waals surface area contributed by atoms with E-state index in [1.165, 1.54) is 70.8 Å². The zero-order chi connectivity index (χ0) is 19.1. The summed E-state index contributed by atoms with van der Waals surface area (Å²) in [5.74, 6) is 0. The van der Waals surface area contributed by atoms with E-state index in [1.807, 2.05) is 0 Å². The molecular weight excluding hydrogens is 367 g/mol. The summed E-state index contributed by atoms with van der Waals surface area (Å²) in [6.07, 6.45) is 14.0. The van der Waals surface area contributed by atoms with Crippen molar-refractivity contribution in [2.24, 2.45) is 0 Å². The second kappa shape index (κ2) is 20.2. The molecule has 26 heavy (non-hydrogen) atoms. The Labute approximate surface area is 178 Å². The van der Waals surface area contributed by atoms with E-state index >= 15 is 0 Å². The third-order valence-electron chi connectivity index (χ3n) is 3.85. The molecule has 164 valence electrons. The van der Waals surface area contributed by atoms with Crippen molar-refractivity contribution in [2.75, 3.05) is 48.8 Å². The third-order valence-corrected chi connectivity index (χ3v) is 3.85. The van der Waals surface area contributed by atoms with Crippen LogP contribution in [0.15, 0.2) is 0 Å². The molecule has 0 radical (unpaired) electrons. The molecule has 0 heterocycles. The van der Waals surface area contributed by atoms with Crippen molar-refractivity contribution in [3.63, 3.8) is 0 Å². The van der Waals surface area contributed by atoms with E-state index in [9.17, 15) is 0 Å². The van der Waals surface area contributed by atoms with Crippen LogP contribution in [0.3, 0.4) is 0 Å². The highest BCUT2D eigenvalue weighted by Crippen LogP contribution is 2.12. The lowest BCUT2D eigenvalue weighted by atomic mass is 10.1. The van der Waals surface area contributed by atoms with Crippen molar-refractivity contribution in [3.8, 4) is 0 Å². The van der Waals surface area contributed by atoms with Gasteiger partial charge in [0.15, 0.2) is 0 Å². The van der Waals surface area contributed by atoms with Crippen LogP contribution >= 0.6 is 0 Å². The van der Waals surface area contributed by atoms with E-state index in [0.717, 1.165) is 4.48 Å². The molecule has 0 aromatic carbocycles. The standard InChI is InChI=1S/C15H34NO.C6H16N.2ClH/c1-6-7-8-9-10-11-12-13-14-15(2)17-16(3,4)5;1-5-6-7(2,3)4;;/h15H,6-14H2,1-5H3;5-6H2,1-4H3;2*1H/q2*+1;;/p-2. The van der Waals surface area contributed by atoms with Gasteiger partial charge in [0.2, 0.25) is 0 Å². The maximum atomic E-state index is 5.83. The first-order valence-electron chi connectivity index (χ1n) is 10.3. The summed E-state index contributed by atoms with van der Waals surface area (Å²) < 4.78 is 1.70. The predicted molar refractivity (Wildman–Crippen MR) is 109 cm³/mol. The van der Waals surface area contributed by atoms with Gasteiger partial charge in [-0.2, -0.15) is 4.65 Å². The van der Waals surface area contributed by atoms with Crippen molar-refractivity contribution < 1.29 is 38.8 Å². The van der Waals surface area contributed by atoms with E-state index < -0.39 is 0 Å². The van der Waals surface area contributed by atoms with Crippen molar-refractivity contribution in [2.45, 2.75) is 91.1 Å². The number of rotatable bonds is 13. The van der Waals surface area contributed by atoms with Crippen LogP contribution in [-0.4, -0.2) is 64.1 Å². The highest BCUT2D eigenvalue weighted by molar-refractivity contribution is 4.51. The molecule has 0 aromatic rings. The van der Waals surface area contributed by atoms with Gasteiger partial charge in [-0.3, -0.25) is 0 Å². The molecule has 0 aromatic heterocycles. The fourth-order valence-electron chi connectivity index (χ4n) is 2.83. The first kappa shape index (κ1) is 34.0. The Balaban J connectivity index is -0.000000230. The van der Waals surface area contributed by atoms with E-state index in [0.29, 0.717) is 10.8 Å². The zero-order valence-corrected chi connectivity index (χ0v) is 20.9. The van der Waals surface area contributed by atoms with E-state index in [1.54, 1.807) is 0 Å². The molecule has 0 amide bonds. The molecule has 0 aliphatic carbocycles. The number of unbranched alkanes of at least 4 members (excludes halogenated alkanes) is 7. The fraction of sp³-hybridized carbons (Fsp3) is 1.00. The summed E-state index contributed by atoms with van der Waals surface area (Å²) in [5, 5.41) is 0. The SMILES string of the molecule is CCCCCCCCCCC(C)O[N+](C)(C)C.CCC[N+](C)(C)C.[Cl-].[Cl-]. The minimum absolute atomic E-state index is 0. The topological polar surface area (TPSA) is 9.23 Å². The monoisotopic (exact) mass is 416 g/mol. The van der Waals surface area contributed by atoms with Gasteiger partial charge in [0.05, 0.1) is 48.8 Å². The van der Waals surface area contributed by atoms with Gasteiger partial charge in [0, 0.05) is 0 Å². The Hall–Kier alpha value is 0.460. The molecule has 0 saturated heterocycles. The summed E-state index contributed by atoms with van der Waals surface area (Å²) in [4.78, 5) is 5.83. The first-order chi connectivity index (χ1) is 11.0. The molecule has 0 bridgehead atoms. The smallest absolute Gasteiger partial charge is 0.114 e. The molecule has 5 heteroatoms. The number of halogens is 2. The number of hydrogen-bond donors (Lipinski definition) is 0. The van der Waals surface area contributed by atoms with Gasteiger partial charge in [-0.25, -0.2) is 4.84 Å². The molecule has 0 fully saturated rings. The molecule has 0 rings (SSSR count). The molecule has 1 unspecified atom stereocenters. The molecule has 1 atom stereocenters. The fourth-order valence-corrected chi connectivity index (χ4v) is 2.83. The minimum Gasteiger partial charge on any atom is -1.00 e. The summed E-state index contributed by atoms with van der Waals surface area (Å²) in [5.41, 5.74) is 0. The van der Waals surface area contributed by atoms with E-state index in [4.69, 9.17) is 4.84 Å². The Bertz CT molecular complexity index is 264. The minimum atomic E-state index is 0. The maximum Gasteiger partial charge on any atom is 0.114 e. The Morgan fingerprint density at radius 1 is 0.654 bits per heavy atom. The van der Waals surface area contributed by atoms with Gasteiger partial charge < -0.3 is 29.3 Å². The Morgan fingerprint density at radius 3 is 1.38 bits per heavy atom. The van der Waals surface area contributed by atoms with Crippen LogP contribution in [0.5, 0.6) is 0 Å². The molecule has 0 saturated carbocycles. The van der Waals surface area contributed by atoms with Crippen LogP contribution in [0.4, 0.5) is 0 Å². The van der Waals surface area contributed by atoms with Crippen LogP contribution in [0, 0.1) is 0 Å². The number of hydrogen-bond acceptors (Lipinski definition) is 1. The van der Waals surface area contributed by atoms with Gasteiger partial charge in [-0.15, -0.1) is 0 Å². The molecule has 0 aliphatic rings. The first-order valence-corrected chi connectivity index (χ1v) is 10.3. The van der Waals surface area contributed by atoms with Gasteiger partial charge in [-0.1, -0.05) is 65.2 Å². The lowest BCUT2D eigenvalue weighted by Gasteiger charge is -2.25. The third kappa shape index (κ3) is 35.5. The highest BCUT2D eigenvalue weighted by atomic mass is 35.5. The molecule has 0 N–H and O–H groups in total. The number of nitrogens with zero attached hydrogens (tertiary/aromatic N) is 2. The van der Waals surface area contributed by atoms with Gasteiger partial charge in [-0.05, 0) is 19.8 Å². The lowest BCUT2D eigenvalue weighted by molar-refractivity contribution is -1.07. The van der Waals surface area contributed by atoms with Crippen molar-refractivity contribution >= 4 is 0 Å². The number of quaternary nitrogens is 2. The average molecular weight is 418 g/mol.